The molecule has 0 radical (unpaired) electrons. The van der Waals surface area contributed by atoms with E-state index in [-0.39, 0.29) is 5.75 Å². The Balaban J connectivity index is 2.63. The highest BCUT2D eigenvalue weighted by molar-refractivity contribution is 7.03. The number of primary amides is 1. The van der Waals surface area contributed by atoms with Gasteiger partial charge in [-0.15, -0.1) is 5.10 Å². The van der Waals surface area contributed by atoms with Gasteiger partial charge >= 0.3 is 0 Å². The number of hydrogen-bond acceptors (Lipinski definition) is 5. The summed E-state index contributed by atoms with van der Waals surface area (Å²) in [5, 5.41) is 14.8. The predicted octanol–water partition coefficient (Wildman–Crippen LogP) is 1.01. The van der Waals surface area contributed by atoms with E-state index in [2.05, 4.69) is 9.59 Å². The van der Waals surface area contributed by atoms with E-state index in [4.69, 9.17) is 5.73 Å². The molecule has 1 aromatic carbocycles. The molecular weight excluding hydrogens is 214 g/mol. The number of phenolic OH excluding ortho intramolecular Hbond substituents is 1. The molecule has 76 valence electrons. The zero-order chi connectivity index (χ0) is 10.8. The van der Waals surface area contributed by atoms with Gasteiger partial charge in [-0.2, -0.15) is 0 Å². The number of nitrogens with zero attached hydrogens (tertiary/aromatic N) is 2. The van der Waals surface area contributed by atoms with Crippen LogP contribution in [0.1, 0.15) is 10.4 Å². The summed E-state index contributed by atoms with van der Waals surface area (Å²) < 4.78 is 3.69. The SMILES string of the molecule is NC(=O)c1ccc(O)cc1-c1csnn1. The van der Waals surface area contributed by atoms with Crippen molar-refractivity contribution in [2.45, 2.75) is 0 Å². The van der Waals surface area contributed by atoms with Crippen LogP contribution in [0.3, 0.4) is 0 Å². The number of rotatable bonds is 2. The molecule has 0 atom stereocenters. The third-order valence-electron chi connectivity index (χ3n) is 1.90. The van der Waals surface area contributed by atoms with E-state index >= 15 is 0 Å². The van der Waals surface area contributed by atoms with Crippen molar-refractivity contribution in [2.24, 2.45) is 5.73 Å². The van der Waals surface area contributed by atoms with Crippen molar-refractivity contribution in [3.8, 4) is 17.0 Å². The molecule has 0 saturated heterocycles. The third-order valence-corrected chi connectivity index (χ3v) is 2.41. The summed E-state index contributed by atoms with van der Waals surface area (Å²) in [7, 11) is 0. The minimum Gasteiger partial charge on any atom is -0.508 e. The van der Waals surface area contributed by atoms with Crippen LogP contribution in [0.5, 0.6) is 5.75 Å². The lowest BCUT2D eigenvalue weighted by Crippen LogP contribution is -2.12. The summed E-state index contributed by atoms with van der Waals surface area (Å²) in [6.07, 6.45) is 0. The maximum atomic E-state index is 11.1. The van der Waals surface area contributed by atoms with Gasteiger partial charge in [-0.25, -0.2) is 0 Å². The van der Waals surface area contributed by atoms with Crippen molar-refractivity contribution in [3.63, 3.8) is 0 Å². The van der Waals surface area contributed by atoms with Crippen LogP contribution in [0.15, 0.2) is 23.6 Å². The summed E-state index contributed by atoms with van der Waals surface area (Å²) in [6.45, 7) is 0. The Bertz CT molecular complexity index is 496. The van der Waals surface area contributed by atoms with Gasteiger partial charge in [0.2, 0.25) is 5.91 Å². The minimum atomic E-state index is -0.557. The number of aromatic hydroxyl groups is 1. The molecule has 0 aliphatic carbocycles. The Morgan fingerprint density at radius 2 is 2.27 bits per heavy atom. The molecule has 0 bridgehead atoms. The quantitative estimate of drug-likeness (QED) is 0.792. The van der Waals surface area contributed by atoms with Gasteiger partial charge in [0, 0.05) is 16.5 Å². The van der Waals surface area contributed by atoms with E-state index in [1.807, 2.05) is 0 Å². The van der Waals surface area contributed by atoms with E-state index < -0.39 is 5.91 Å². The van der Waals surface area contributed by atoms with Crippen molar-refractivity contribution >= 4 is 17.4 Å². The smallest absolute Gasteiger partial charge is 0.249 e. The lowest BCUT2D eigenvalue weighted by atomic mass is 10.0. The van der Waals surface area contributed by atoms with Gasteiger partial charge in [-0.05, 0) is 29.7 Å². The maximum Gasteiger partial charge on any atom is 0.249 e. The second-order valence-electron chi connectivity index (χ2n) is 2.88. The Hall–Kier alpha value is -1.95. The standard InChI is InChI=1S/C9H7N3O2S/c10-9(14)6-2-1-5(13)3-7(6)8-4-15-12-11-8/h1-4,13H,(H2,10,14). The van der Waals surface area contributed by atoms with Gasteiger partial charge in [-0.1, -0.05) is 4.49 Å². The molecule has 0 unspecified atom stereocenters. The van der Waals surface area contributed by atoms with Crippen molar-refractivity contribution in [1.82, 2.24) is 9.59 Å². The van der Waals surface area contributed by atoms with Gasteiger partial charge in [0.25, 0.3) is 0 Å². The second-order valence-corrected chi connectivity index (χ2v) is 3.49. The van der Waals surface area contributed by atoms with E-state index in [0.717, 1.165) is 0 Å². The number of nitrogens with two attached hydrogens (primary N) is 1. The van der Waals surface area contributed by atoms with Crippen LogP contribution in [0.25, 0.3) is 11.3 Å². The van der Waals surface area contributed by atoms with Crippen LogP contribution in [0.2, 0.25) is 0 Å². The Kier molecular flexibility index (Phi) is 2.34. The fourth-order valence-corrected chi connectivity index (χ4v) is 1.70. The number of carbonyl (C=O) groups excluding carboxylic acids is 1. The number of hydrogen-bond donors (Lipinski definition) is 2. The fraction of sp³-hybridized carbons (Fsp3) is 0. The van der Waals surface area contributed by atoms with Crippen molar-refractivity contribution in [3.05, 3.63) is 29.1 Å². The van der Waals surface area contributed by atoms with Gasteiger partial charge in [0.1, 0.15) is 11.4 Å². The van der Waals surface area contributed by atoms with E-state index in [0.29, 0.717) is 16.8 Å². The van der Waals surface area contributed by atoms with Crippen LogP contribution in [0, 0.1) is 0 Å². The van der Waals surface area contributed by atoms with Crippen molar-refractivity contribution < 1.29 is 9.90 Å². The Labute approximate surface area is 89.3 Å². The lowest BCUT2D eigenvalue weighted by Gasteiger charge is -2.03. The molecule has 15 heavy (non-hydrogen) atoms. The molecule has 3 N–H and O–H groups in total. The molecule has 1 amide bonds. The zero-order valence-corrected chi connectivity index (χ0v) is 8.36. The highest BCUT2D eigenvalue weighted by atomic mass is 32.1. The molecule has 1 aromatic heterocycles. The molecule has 5 nitrogen and oxygen atoms in total. The average molecular weight is 221 g/mol. The number of aromatic nitrogens is 2. The van der Waals surface area contributed by atoms with Crippen LogP contribution in [-0.4, -0.2) is 20.6 Å². The van der Waals surface area contributed by atoms with Gasteiger partial charge < -0.3 is 10.8 Å². The highest BCUT2D eigenvalue weighted by Crippen LogP contribution is 2.26. The molecule has 0 fully saturated rings. The number of phenols is 1. The summed E-state index contributed by atoms with van der Waals surface area (Å²) in [5.74, 6) is -0.499. The van der Waals surface area contributed by atoms with Gasteiger partial charge in [0.05, 0.1) is 0 Å². The lowest BCUT2D eigenvalue weighted by molar-refractivity contribution is 0.100. The maximum absolute atomic E-state index is 11.1. The molecule has 2 aromatic rings. The number of benzene rings is 1. The third kappa shape index (κ3) is 1.79. The molecular formula is C9H7N3O2S. The van der Waals surface area contributed by atoms with Crippen LogP contribution >= 0.6 is 11.5 Å². The highest BCUT2D eigenvalue weighted by Gasteiger charge is 2.12. The van der Waals surface area contributed by atoms with Crippen LogP contribution < -0.4 is 5.73 Å². The molecule has 1 heterocycles. The molecule has 0 saturated carbocycles. The molecule has 0 aliphatic rings. The molecule has 6 heteroatoms. The first-order chi connectivity index (χ1) is 7.18. The van der Waals surface area contributed by atoms with E-state index in [1.165, 1.54) is 29.7 Å². The monoisotopic (exact) mass is 221 g/mol. The zero-order valence-electron chi connectivity index (χ0n) is 7.54. The van der Waals surface area contributed by atoms with Crippen LogP contribution in [-0.2, 0) is 0 Å². The first-order valence-corrected chi connectivity index (χ1v) is 4.92. The fourth-order valence-electron chi connectivity index (χ4n) is 1.24. The number of carbonyl (C=O) groups is 1. The Morgan fingerprint density at radius 3 is 2.87 bits per heavy atom. The summed E-state index contributed by atoms with van der Waals surface area (Å²) in [4.78, 5) is 11.1. The summed E-state index contributed by atoms with van der Waals surface area (Å²) in [5.41, 5.74) is 6.55. The summed E-state index contributed by atoms with van der Waals surface area (Å²) in [6, 6.07) is 4.31. The van der Waals surface area contributed by atoms with Crippen LogP contribution in [0.4, 0.5) is 0 Å². The second kappa shape index (κ2) is 3.66. The van der Waals surface area contributed by atoms with E-state index in [9.17, 15) is 9.90 Å². The average Bonchev–Trinajstić information content (AvgIpc) is 2.69. The van der Waals surface area contributed by atoms with E-state index in [1.54, 1.807) is 5.38 Å². The van der Waals surface area contributed by atoms with Gasteiger partial charge in [0.15, 0.2) is 0 Å². The predicted molar refractivity (Wildman–Crippen MR) is 55.5 cm³/mol. The molecule has 2 rings (SSSR count). The minimum absolute atomic E-state index is 0.0583. The van der Waals surface area contributed by atoms with Crippen molar-refractivity contribution in [1.29, 1.82) is 0 Å². The largest absolute Gasteiger partial charge is 0.508 e. The number of amides is 1. The van der Waals surface area contributed by atoms with Gasteiger partial charge in [-0.3, -0.25) is 4.79 Å². The molecule has 0 aliphatic heterocycles. The summed E-state index contributed by atoms with van der Waals surface area (Å²) >= 11 is 1.17. The first kappa shape index (κ1) is 9.60. The topological polar surface area (TPSA) is 89.1 Å². The van der Waals surface area contributed by atoms with Crippen molar-refractivity contribution in [2.75, 3.05) is 0 Å². The first-order valence-electron chi connectivity index (χ1n) is 4.08. The molecule has 0 spiro atoms. The normalized spacial score (nSPS) is 10.1. The Morgan fingerprint density at radius 1 is 1.47 bits per heavy atom.